The SMILES string of the molecule is COc1cc(N)ccc1CS(=O)c1ccc(F)cc1F. The lowest BCUT2D eigenvalue weighted by Crippen LogP contribution is -2.02. The van der Waals surface area contributed by atoms with Crippen molar-refractivity contribution >= 4 is 16.5 Å². The van der Waals surface area contributed by atoms with E-state index in [0.29, 0.717) is 23.1 Å². The molecule has 0 aliphatic heterocycles. The molecular formula is C14H13F2NO2S. The fourth-order valence-corrected chi connectivity index (χ4v) is 2.93. The van der Waals surface area contributed by atoms with Gasteiger partial charge in [0.25, 0.3) is 0 Å². The number of anilines is 1. The number of methoxy groups -OCH3 is 1. The van der Waals surface area contributed by atoms with Crippen molar-refractivity contribution in [3.05, 3.63) is 53.6 Å². The molecule has 0 bridgehead atoms. The van der Waals surface area contributed by atoms with Crippen LogP contribution in [-0.2, 0) is 16.6 Å². The minimum Gasteiger partial charge on any atom is -0.496 e. The van der Waals surface area contributed by atoms with E-state index in [-0.39, 0.29) is 10.6 Å². The summed E-state index contributed by atoms with van der Waals surface area (Å²) in [4.78, 5) is -0.0368. The lowest BCUT2D eigenvalue weighted by Gasteiger charge is -2.09. The maximum Gasteiger partial charge on any atom is 0.142 e. The molecule has 3 nitrogen and oxygen atoms in total. The number of benzene rings is 2. The predicted molar refractivity (Wildman–Crippen MR) is 73.9 cm³/mol. The zero-order valence-corrected chi connectivity index (χ0v) is 11.5. The first kappa shape index (κ1) is 14.5. The zero-order chi connectivity index (χ0) is 14.7. The van der Waals surface area contributed by atoms with Gasteiger partial charge in [-0.1, -0.05) is 6.07 Å². The number of hydrogen-bond donors (Lipinski definition) is 1. The Labute approximate surface area is 117 Å². The summed E-state index contributed by atoms with van der Waals surface area (Å²) < 4.78 is 43.7. The van der Waals surface area contributed by atoms with Gasteiger partial charge in [-0.2, -0.15) is 0 Å². The van der Waals surface area contributed by atoms with Gasteiger partial charge in [0.05, 0.1) is 28.6 Å². The first-order valence-electron chi connectivity index (χ1n) is 5.77. The fourth-order valence-electron chi connectivity index (χ4n) is 1.76. The molecule has 0 spiro atoms. The standard InChI is InChI=1S/C14H13F2NO2S/c1-19-13-7-11(17)4-2-9(13)8-20(18)14-5-3-10(15)6-12(14)16/h2-7H,8,17H2,1H3. The highest BCUT2D eigenvalue weighted by Crippen LogP contribution is 2.25. The normalized spacial score (nSPS) is 12.2. The Kier molecular flexibility index (Phi) is 4.34. The molecule has 0 saturated heterocycles. The Balaban J connectivity index is 2.28. The topological polar surface area (TPSA) is 52.3 Å². The maximum atomic E-state index is 13.6. The van der Waals surface area contributed by atoms with Gasteiger partial charge in [0, 0.05) is 23.4 Å². The number of nitrogen functional groups attached to an aromatic ring is 1. The number of nitrogens with two attached hydrogens (primary N) is 1. The van der Waals surface area contributed by atoms with Crippen LogP contribution in [0, 0.1) is 11.6 Å². The lowest BCUT2D eigenvalue weighted by atomic mass is 10.2. The molecule has 2 N–H and O–H groups in total. The van der Waals surface area contributed by atoms with Crippen molar-refractivity contribution in [1.29, 1.82) is 0 Å². The van der Waals surface area contributed by atoms with Crippen LogP contribution in [0.5, 0.6) is 5.75 Å². The summed E-state index contributed by atoms with van der Waals surface area (Å²) >= 11 is 0. The van der Waals surface area contributed by atoms with E-state index >= 15 is 0 Å². The van der Waals surface area contributed by atoms with Gasteiger partial charge in [0.15, 0.2) is 0 Å². The highest BCUT2D eigenvalue weighted by atomic mass is 32.2. The van der Waals surface area contributed by atoms with Crippen molar-refractivity contribution in [2.45, 2.75) is 10.6 Å². The van der Waals surface area contributed by atoms with Crippen molar-refractivity contribution < 1.29 is 17.7 Å². The molecule has 2 aromatic carbocycles. The van der Waals surface area contributed by atoms with Crippen molar-refractivity contribution in [2.24, 2.45) is 0 Å². The second kappa shape index (κ2) is 6.00. The summed E-state index contributed by atoms with van der Waals surface area (Å²) in [5.74, 6) is -0.974. The molecule has 6 heteroatoms. The van der Waals surface area contributed by atoms with Crippen LogP contribution < -0.4 is 10.5 Å². The summed E-state index contributed by atoms with van der Waals surface area (Å²) in [7, 11) is -0.163. The summed E-state index contributed by atoms with van der Waals surface area (Å²) in [6, 6.07) is 7.91. The minimum absolute atomic E-state index is 0.0368. The number of hydrogen-bond acceptors (Lipinski definition) is 3. The second-order valence-corrected chi connectivity index (χ2v) is 5.56. The Morgan fingerprint density at radius 3 is 2.60 bits per heavy atom. The molecule has 0 saturated carbocycles. The van der Waals surface area contributed by atoms with Crippen LogP contribution in [0.1, 0.15) is 5.56 Å². The molecule has 106 valence electrons. The highest BCUT2D eigenvalue weighted by molar-refractivity contribution is 7.84. The van der Waals surface area contributed by atoms with Gasteiger partial charge in [0.1, 0.15) is 17.4 Å². The van der Waals surface area contributed by atoms with Crippen molar-refractivity contribution in [3.63, 3.8) is 0 Å². The van der Waals surface area contributed by atoms with Gasteiger partial charge in [-0.25, -0.2) is 8.78 Å². The first-order chi connectivity index (χ1) is 9.51. The monoisotopic (exact) mass is 297 g/mol. The molecule has 20 heavy (non-hydrogen) atoms. The third-order valence-electron chi connectivity index (χ3n) is 2.74. The molecule has 0 amide bonds. The van der Waals surface area contributed by atoms with Gasteiger partial charge in [-0.05, 0) is 18.2 Å². The average molecular weight is 297 g/mol. The Hall–Kier alpha value is -1.95. The number of ether oxygens (including phenoxy) is 1. The van der Waals surface area contributed by atoms with E-state index in [1.54, 1.807) is 18.2 Å². The number of rotatable bonds is 4. The molecule has 2 rings (SSSR count). The molecular weight excluding hydrogens is 284 g/mol. The average Bonchev–Trinajstić information content (AvgIpc) is 2.40. The third kappa shape index (κ3) is 3.14. The van der Waals surface area contributed by atoms with E-state index in [4.69, 9.17) is 10.5 Å². The molecule has 0 aliphatic rings. The van der Waals surface area contributed by atoms with Crippen molar-refractivity contribution in [1.82, 2.24) is 0 Å². The molecule has 1 atom stereocenters. The van der Waals surface area contributed by atoms with Gasteiger partial charge >= 0.3 is 0 Å². The molecule has 0 fully saturated rings. The Morgan fingerprint density at radius 2 is 1.95 bits per heavy atom. The summed E-state index contributed by atoms with van der Waals surface area (Å²) in [5.41, 5.74) is 6.79. The molecule has 0 aromatic heterocycles. The minimum atomic E-state index is -1.64. The van der Waals surface area contributed by atoms with Crippen LogP contribution in [-0.4, -0.2) is 11.3 Å². The van der Waals surface area contributed by atoms with Crippen LogP contribution in [0.15, 0.2) is 41.3 Å². The van der Waals surface area contributed by atoms with Crippen LogP contribution in [0.25, 0.3) is 0 Å². The summed E-state index contributed by atoms with van der Waals surface area (Å²) in [5, 5.41) is 0. The highest BCUT2D eigenvalue weighted by Gasteiger charge is 2.14. The van der Waals surface area contributed by atoms with E-state index in [2.05, 4.69) is 0 Å². The van der Waals surface area contributed by atoms with E-state index in [0.717, 1.165) is 6.07 Å². The van der Waals surface area contributed by atoms with Crippen LogP contribution in [0.3, 0.4) is 0 Å². The van der Waals surface area contributed by atoms with Gasteiger partial charge in [-0.15, -0.1) is 0 Å². The largest absolute Gasteiger partial charge is 0.496 e. The van der Waals surface area contributed by atoms with Crippen LogP contribution in [0.2, 0.25) is 0 Å². The molecule has 1 unspecified atom stereocenters. The fraction of sp³-hybridized carbons (Fsp3) is 0.143. The van der Waals surface area contributed by atoms with Crippen molar-refractivity contribution in [3.8, 4) is 5.75 Å². The summed E-state index contributed by atoms with van der Waals surface area (Å²) in [6.07, 6.45) is 0. The second-order valence-electron chi connectivity index (χ2n) is 4.14. The van der Waals surface area contributed by atoms with Gasteiger partial charge < -0.3 is 10.5 Å². The van der Waals surface area contributed by atoms with E-state index in [9.17, 15) is 13.0 Å². The van der Waals surface area contributed by atoms with E-state index in [1.165, 1.54) is 13.2 Å². The van der Waals surface area contributed by atoms with Gasteiger partial charge in [-0.3, -0.25) is 4.21 Å². The third-order valence-corrected chi connectivity index (χ3v) is 4.13. The molecule has 0 radical (unpaired) electrons. The predicted octanol–water partition coefficient (Wildman–Crippen LogP) is 2.86. The summed E-state index contributed by atoms with van der Waals surface area (Å²) in [6.45, 7) is 0. The van der Waals surface area contributed by atoms with Crippen molar-refractivity contribution in [2.75, 3.05) is 12.8 Å². The van der Waals surface area contributed by atoms with E-state index in [1.807, 2.05) is 0 Å². The lowest BCUT2D eigenvalue weighted by molar-refractivity contribution is 0.411. The zero-order valence-electron chi connectivity index (χ0n) is 10.7. The first-order valence-corrected chi connectivity index (χ1v) is 7.09. The van der Waals surface area contributed by atoms with Gasteiger partial charge in [0.2, 0.25) is 0 Å². The maximum absolute atomic E-state index is 13.6. The van der Waals surface area contributed by atoms with E-state index < -0.39 is 22.4 Å². The molecule has 0 heterocycles. The molecule has 0 aliphatic carbocycles. The van der Waals surface area contributed by atoms with Crippen LogP contribution in [0.4, 0.5) is 14.5 Å². The molecule has 2 aromatic rings. The Bertz CT molecular complexity index is 662. The smallest absolute Gasteiger partial charge is 0.142 e. The number of halogens is 2. The quantitative estimate of drug-likeness (QED) is 0.883. The Morgan fingerprint density at radius 1 is 1.20 bits per heavy atom. The van der Waals surface area contributed by atoms with Crippen LogP contribution >= 0.6 is 0 Å².